The van der Waals surface area contributed by atoms with Gasteiger partial charge in [0.25, 0.3) is 0 Å². The molecule has 0 aliphatic rings. The van der Waals surface area contributed by atoms with Gasteiger partial charge in [0.05, 0.1) is 11.6 Å². The van der Waals surface area contributed by atoms with Crippen molar-refractivity contribution in [2.75, 3.05) is 23.8 Å². The predicted molar refractivity (Wildman–Crippen MR) is 78.6 cm³/mol. The highest BCUT2D eigenvalue weighted by Gasteiger charge is 2.17. The molecule has 19 heavy (non-hydrogen) atoms. The highest BCUT2D eigenvalue weighted by atomic mass is 15.3. The van der Waals surface area contributed by atoms with Crippen LogP contribution in [0, 0.1) is 0 Å². The number of H-pyrrole nitrogens is 1. The lowest BCUT2D eigenvalue weighted by molar-refractivity contribution is 0.588. The lowest BCUT2D eigenvalue weighted by Crippen LogP contribution is -2.31. The van der Waals surface area contributed by atoms with Crippen LogP contribution in [0.25, 0.3) is 11.0 Å². The zero-order chi connectivity index (χ0) is 13.8. The van der Waals surface area contributed by atoms with Crippen LogP contribution in [0.1, 0.15) is 33.6 Å². The van der Waals surface area contributed by atoms with Crippen molar-refractivity contribution in [2.24, 2.45) is 0 Å². The number of hydrogen-bond acceptors (Lipinski definition) is 5. The number of aromatic amines is 1. The Balaban J connectivity index is 2.47. The molecule has 0 saturated carbocycles. The molecule has 0 unspecified atom stereocenters. The average molecular weight is 262 g/mol. The second-order valence-electron chi connectivity index (χ2n) is 4.61. The Hall–Kier alpha value is -1.85. The molecule has 0 fully saturated rings. The number of nitrogens with zero attached hydrogens (tertiary/aromatic N) is 4. The summed E-state index contributed by atoms with van der Waals surface area (Å²) in [7, 11) is 2.09. The van der Waals surface area contributed by atoms with E-state index in [0.29, 0.717) is 12.0 Å². The van der Waals surface area contributed by atoms with Crippen molar-refractivity contribution in [3.63, 3.8) is 0 Å². The van der Waals surface area contributed by atoms with E-state index in [1.165, 1.54) is 0 Å². The van der Waals surface area contributed by atoms with Crippen molar-refractivity contribution < 1.29 is 0 Å². The predicted octanol–water partition coefficient (Wildman–Crippen LogP) is 2.41. The van der Waals surface area contributed by atoms with Crippen LogP contribution in [0.5, 0.6) is 0 Å². The van der Waals surface area contributed by atoms with Crippen molar-refractivity contribution >= 4 is 22.8 Å². The SMILES string of the molecule is CCNc1nc(N(C)C(CC)CC)c2cn[nH]c2n1. The number of anilines is 2. The van der Waals surface area contributed by atoms with Gasteiger partial charge in [-0.1, -0.05) is 13.8 Å². The number of aromatic nitrogens is 4. The van der Waals surface area contributed by atoms with Crippen LogP contribution in [-0.2, 0) is 0 Å². The summed E-state index contributed by atoms with van der Waals surface area (Å²) in [6.45, 7) is 7.23. The third kappa shape index (κ3) is 2.62. The van der Waals surface area contributed by atoms with Gasteiger partial charge in [-0.05, 0) is 19.8 Å². The van der Waals surface area contributed by atoms with Gasteiger partial charge in [-0.15, -0.1) is 0 Å². The molecule has 2 heterocycles. The smallest absolute Gasteiger partial charge is 0.226 e. The van der Waals surface area contributed by atoms with Gasteiger partial charge in [0.2, 0.25) is 5.95 Å². The van der Waals surface area contributed by atoms with Crippen molar-refractivity contribution in [3.05, 3.63) is 6.20 Å². The summed E-state index contributed by atoms with van der Waals surface area (Å²) in [5, 5.41) is 11.1. The van der Waals surface area contributed by atoms with E-state index in [9.17, 15) is 0 Å². The molecular weight excluding hydrogens is 240 g/mol. The van der Waals surface area contributed by atoms with Crippen LogP contribution >= 0.6 is 0 Å². The first-order chi connectivity index (χ1) is 9.21. The van der Waals surface area contributed by atoms with Gasteiger partial charge in [-0.3, -0.25) is 5.10 Å². The molecule has 6 heteroatoms. The zero-order valence-electron chi connectivity index (χ0n) is 12.1. The van der Waals surface area contributed by atoms with E-state index in [4.69, 9.17) is 0 Å². The van der Waals surface area contributed by atoms with Crippen molar-refractivity contribution in [1.82, 2.24) is 20.2 Å². The number of nitrogens with one attached hydrogen (secondary N) is 2. The van der Waals surface area contributed by atoms with Gasteiger partial charge in [0.15, 0.2) is 5.65 Å². The molecule has 0 aromatic carbocycles. The normalized spacial score (nSPS) is 11.2. The second-order valence-corrected chi connectivity index (χ2v) is 4.61. The lowest BCUT2D eigenvalue weighted by atomic mass is 10.1. The zero-order valence-corrected chi connectivity index (χ0v) is 12.1. The molecule has 0 amide bonds. The topological polar surface area (TPSA) is 69.7 Å². The Morgan fingerprint density at radius 3 is 2.63 bits per heavy atom. The quantitative estimate of drug-likeness (QED) is 0.836. The molecule has 0 aliphatic heterocycles. The summed E-state index contributed by atoms with van der Waals surface area (Å²) in [5.41, 5.74) is 0.777. The van der Waals surface area contributed by atoms with E-state index in [1.54, 1.807) is 6.20 Å². The number of rotatable bonds is 6. The minimum absolute atomic E-state index is 0.475. The Labute approximate surface area is 113 Å². The van der Waals surface area contributed by atoms with Crippen LogP contribution in [0.2, 0.25) is 0 Å². The summed E-state index contributed by atoms with van der Waals surface area (Å²) >= 11 is 0. The fourth-order valence-corrected chi connectivity index (χ4v) is 2.34. The molecule has 0 aliphatic carbocycles. The number of fused-ring (bicyclic) bond motifs is 1. The fourth-order valence-electron chi connectivity index (χ4n) is 2.34. The van der Waals surface area contributed by atoms with E-state index in [1.807, 2.05) is 6.92 Å². The molecule has 2 rings (SSSR count). The van der Waals surface area contributed by atoms with Crippen molar-refractivity contribution in [3.8, 4) is 0 Å². The van der Waals surface area contributed by atoms with Gasteiger partial charge in [0.1, 0.15) is 5.82 Å². The molecule has 0 bridgehead atoms. The Bertz CT molecular complexity index is 531. The van der Waals surface area contributed by atoms with Crippen LogP contribution in [0.15, 0.2) is 6.20 Å². The second kappa shape index (κ2) is 5.86. The van der Waals surface area contributed by atoms with Crippen LogP contribution < -0.4 is 10.2 Å². The maximum absolute atomic E-state index is 4.62. The van der Waals surface area contributed by atoms with Gasteiger partial charge >= 0.3 is 0 Å². The summed E-state index contributed by atoms with van der Waals surface area (Å²) in [6.07, 6.45) is 3.97. The molecule has 2 aromatic heterocycles. The molecule has 0 atom stereocenters. The van der Waals surface area contributed by atoms with Gasteiger partial charge in [-0.25, -0.2) is 0 Å². The summed E-state index contributed by atoms with van der Waals surface area (Å²) in [5.74, 6) is 1.58. The summed E-state index contributed by atoms with van der Waals surface area (Å²) in [6, 6.07) is 0.475. The summed E-state index contributed by atoms with van der Waals surface area (Å²) < 4.78 is 0. The van der Waals surface area contributed by atoms with Gasteiger partial charge in [0, 0.05) is 19.6 Å². The van der Waals surface area contributed by atoms with Crippen LogP contribution in [0.3, 0.4) is 0 Å². The molecule has 104 valence electrons. The molecule has 0 radical (unpaired) electrons. The Morgan fingerprint density at radius 2 is 2.00 bits per heavy atom. The lowest BCUT2D eigenvalue weighted by Gasteiger charge is -2.27. The van der Waals surface area contributed by atoms with Crippen molar-refractivity contribution in [2.45, 2.75) is 39.7 Å². The van der Waals surface area contributed by atoms with Gasteiger partial charge in [-0.2, -0.15) is 15.1 Å². The minimum atomic E-state index is 0.475. The molecule has 0 saturated heterocycles. The standard InChI is InChI=1S/C13H22N6/c1-5-9(6-2)19(4)12-10-8-15-18-11(10)16-13(17-12)14-7-3/h8-9H,5-7H2,1-4H3,(H2,14,15,16,17,18). The van der Waals surface area contributed by atoms with Crippen LogP contribution in [0.4, 0.5) is 11.8 Å². The van der Waals surface area contributed by atoms with E-state index in [2.05, 4.69) is 51.3 Å². The maximum Gasteiger partial charge on any atom is 0.226 e. The van der Waals surface area contributed by atoms with Crippen molar-refractivity contribution in [1.29, 1.82) is 0 Å². The molecule has 2 aromatic rings. The Morgan fingerprint density at radius 1 is 1.26 bits per heavy atom. The minimum Gasteiger partial charge on any atom is -0.356 e. The molecule has 2 N–H and O–H groups in total. The van der Waals surface area contributed by atoms with Crippen LogP contribution in [-0.4, -0.2) is 39.8 Å². The number of hydrogen-bond donors (Lipinski definition) is 2. The van der Waals surface area contributed by atoms with E-state index >= 15 is 0 Å². The average Bonchev–Trinajstić information content (AvgIpc) is 2.87. The highest BCUT2D eigenvalue weighted by Crippen LogP contribution is 2.25. The first kappa shape index (κ1) is 13.6. The first-order valence-electron chi connectivity index (χ1n) is 6.89. The van der Waals surface area contributed by atoms with E-state index < -0.39 is 0 Å². The van der Waals surface area contributed by atoms with E-state index in [-0.39, 0.29) is 0 Å². The monoisotopic (exact) mass is 262 g/mol. The Kier molecular flexibility index (Phi) is 4.19. The van der Waals surface area contributed by atoms with E-state index in [0.717, 1.165) is 36.2 Å². The summed E-state index contributed by atoms with van der Waals surface area (Å²) in [4.78, 5) is 11.3. The highest BCUT2D eigenvalue weighted by molar-refractivity contribution is 5.87. The van der Waals surface area contributed by atoms with Gasteiger partial charge < -0.3 is 10.2 Å². The third-order valence-electron chi connectivity index (χ3n) is 3.45. The molecule has 6 nitrogen and oxygen atoms in total. The molecular formula is C13H22N6. The first-order valence-corrected chi connectivity index (χ1v) is 6.89. The largest absolute Gasteiger partial charge is 0.356 e. The fraction of sp³-hybridized carbons (Fsp3) is 0.615. The molecule has 0 spiro atoms. The third-order valence-corrected chi connectivity index (χ3v) is 3.45. The maximum atomic E-state index is 4.62.